The van der Waals surface area contributed by atoms with E-state index in [1.165, 1.54) is 11.3 Å². The molecule has 0 radical (unpaired) electrons. The highest BCUT2D eigenvalue weighted by Crippen LogP contribution is 2.31. The third-order valence-corrected chi connectivity index (χ3v) is 7.36. The third kappa shape index (κ3) is 3.58. The standard InChI is InChI=1S/C12H19BrN2O2S2/c1-2-14-9-10-5-3-4-8-15(10)19(16,17)12-7-6-11(13)18-12/h6-7,10,14H,2-5,8-9H2,1H3. The maximum absolute atomic E-state index is 12.7. The first-order chi connectivity index (χ1) is 9.05. The van der Waals surface area contributed by atoms with Crippen molar-refractivity contribution < 1.29 is 8.42 Å². The summed E-state index contributed by atoms with van der Waals surface area (Å²) in [6.07, 6.45) is 3.00. The van der Waals surface area contributed by atoms with Crippen LogP contribution in [0.25, 0.3) is 0 Å². The number of nitrogens with one attached hydrogen (secondary N) is 1. The molecule has 108 valence electrons. The van der Waals surface area contributed by atoms with Crippen molar-refractivity contribution in [2.45, 2.75) is 36.4 Å². The SMILES string of the molecule is CCNCC1CCCCN1S(=O)(=O)c1ccc(Br)s1. The molecule has 2 heterocycles. The Bertz CT molecular complexity index is 516. The van der Waals surface area contributed by atoms with Gasteiger partial charge in [0.25, 0.3) is 10.0 Å². The highest BCUT2D eigenvalue weighted by atomic mass is 79.9. The normalized spacial score (nSPS) is 21.7. The predicted octanol–water partition coefficient (Wildman–Crippen LogP) is 2.66. The van der Waals surface area contributed by atoms with Gasteiger partial charge < -0.3 is 5.32 Å². The molecular weight excluding hydrogens is 348 g/mol. The molecule has 1 unspecified atom stereocenters. The molecule has 2 rings (SSSR count). The number of sulfonamides is 1. The molecule has 4 nitrogen and oxygen atoms in total. The molecule has 7 heteroatoms. The van der Waals surface area contributed by atoms with Gasteiger partial charge in [0, 0.05) is 19.1 Å². The number of halogens is 1. The largest absolute Gasteiger partial charge is 0.315 e. The molecule has 0 aliphatic carbocycles. The summed E-state index contributed by atoms with van der Waals surface area (Å²) < 4.78 is 28.3. The molecule has 1 saturated heterocycles. The van der Waals surface area contributed by atoms with Gasteiger partial charge >= 0.3 is 0 Å². The van der Waals surface area contributed by atoms with Crippen LogP contribution in [0.4, 0.5) is 0 Å². The first-order valence-corrected chi connectivity index (χ1v) is 9.58. The Morgan fingerprint density at radius 2 is 2.26 bits per heavy atom. The average Bonchev–Trinajstić information content (AvgIpc) is 2.84. The monoisotopic (exact) mass is 366 g/mol. The Hall–Kier alpha value is 0.0500. The number of piperidine rings is 1. The van der Waals surface area contributed by atoms with E-state index in [0.29, 0.717) is 10.8 Å². The number of rotatable bonds is 5. The first kappa shape index (κ1) is 15.4. The Labute approximate surface area is 127 Å². The molecule has 0 amide bonds. The van der Waals surface area contributed by atoms with E-state index >= 15 is 0 Å². The molecule has 1 aromatic rings. The van der Waals surface area contributed by atoms with Crippen molar-refractivity contribution in [2.24, 2.45) is 0 Å². The molecule has 1 aliphatic heterocycles. The van der Waals surface area contributed by atoms with Gasteiger partial charge in [-0.3, -0.25) is 0 Å². The summed E-state index contributed by atoms with van der Waals surface area (Å²) in [5, 5.41) is 3.26. The predicted molar refractivity (Wildman–Crippen MR) is 82.1 cm³/mol. The van der Waals surface area contributed by atoms with Crippen molar-refractivity contribution in [1.82, 2.24) is 9.62 Å². The maximum Gasteiger partial charge on any atom is 0.252 e. The molecule has 1 atom stereocenters. The van der Waals surface area contributed by atoms with Gasteiger partial charge in [0.2, 0.25) is 0 Å². The molecule has 0 saturated carbocycles. The van der Waals surface area contributed by atoms with Gasteiger partial charge in [-0.15, -0.1) is 11.3 Å². The van der Waals surface area contributed by atoms with Gasteiger partial charge in [-0.25, -0.2) is 8.42 Å². The molecule has 0 aromatic carbocycles. The fraction of sp³-hybridized carbons (Fsp3) is 0.667. The van der Waals surface area contributed by atoms with E-state index in [9.17, 15) is 8.42 Å². The second kappa shape index (κ2) is 6.67. The van der Waals surface area contributed by atoms with E-state index in [-0.39, 0.29) is 6.04 Å². The lowest BCUT2D eigenvalue weighted by atomic mass is 10.1. The third-order valence-electron chi connectivity index (χ3n) is 3.31. The van der Waals surface area contributed by atoms with Crippen LogP contribution >= 0.6 is 27.3 Å². The van der Waals surface area contributed by atoms with Crippen LogP contribution in [0.3, 0.4) is 0 Å². The highest BCUT2D eigenvalue weighted by Gasteiger charge is 2.33. The van der Waals surface area contributed by atoms with E-state index in [1.54, 1.807) is 16.4 Å². The van der Waals surface area contributed by atoms with Crippen molar-refractivity contribution >= 4 is 37.3 Å². The van der Waals surface area contributed by atoms with Crippen LogP contribution in [-0.2, 0) is 10.0 Å². The van der Waals surface area contributed by atoms with Crippen LogP contribution < -0.4 is 5.32 Å². The van der Waals surface area contributed by atoms with Gasteiger partial charge in [0.05, 0.1) is 3.79 Å². The Kier molecular flexibility index (Phi) is 5.42. The molecule has 1 aliphatic rings. The molecular formula is C12H19BrN2O2S2. The number of hydrogen-bond donors (Lipinski definition) is 1. The van der Waals surface area contributed by atoms with Gasteiger partial charge in [-0.1, -0.05) is 13.3 Å². The Morgan fingerprint density at radius 3 is 2.89 bits per heavy atom. The van der Waals surface area contributed by atoms with Gasteiger partial charge in [0.15, 0.2) is 0 Å². The van der Waals surface area contributed by atoms with Crippen LogP contribution in [0.5, 0.6) is 0 Å². The molecule has 0 spiro atoms. The number of likely N-dealkylation sites (N-methyl/N-ethyl adjacent to an activating group) is 1. The Balaban J connectivity index is 2.21. The zero-order valence-corrected chi connectivity index (χ0v) is 14.2. The highest BCUT2D eigenvalue weighted by molar-refractivity contribution is 9.11. The topological polar surface area (TPSA) is 49.4 Å². The number of nitrogens with zero attached hydrogens (tertiary/aromatic N) is 1. The van der Waals surface area contributed by atoms with Crippen molar-refractivity contribution in [2.75, 3.05) is 19.6 Å². The van der Waals surface area contributed by atoms with E-state index in [1.807, 2.05) is 6.92 Å². The van der Waals surface area contributed by atoms with E-state index < -0.39 is 10.0 Å². The van der Waals surface area contributed by atoms with Crippen molar-refractivity contribution in [1.29, 1.82) is 0 Å². The van der Waals surface area contributed by atoms with Crippen LogP contribution in [-0.4, -0.2) is 38.4 Å². The minimum Gasteiger partial charge on any atom is -0.315 e. The van der Waals surface area contributed by atoms with Crippen molar-refractivity contribution in [3.8, 4) is 0 Å². The lowest BCUT2D eigenvalue weighted by Gasteiger charge is -2.34. The minimum absolute atomic E-state index is 0.0829. The van der Waals surface area contributed by atoms with Crippen molar-refractivity contribution in [3.63, 3.8) is 0 Å². The number of thiophene rings is 1. The zero-order chi connectivity index (χ0) is 13.9. The molecule has 1 fully saturated rings. The second-order valence-electron chi connectivity index (χ2n) is 4.63. The fourth-order valence-corrected chi connectivity index (χ4v) is 6.19. The van der Waals surface area contributed by atoms with Crippen molar-refractivity contribution in [3.05, 3.63) is 15.9 Å². The average molecular weight is 367 g/mol. The number of hydrogen-bond acceptors (Lipinski definition) is 4. The van der Waals surface area contributed by atoms with Crippen LogP contribution in [0.2, 0.25) is 0 Å². The quantitative estimate of drug-likeness (QED) is 0.871. The van der Waals surface area contributed by atoms with E-state index in [4.69, 9.17) is 0 Å². The second-order valence-corrected chi connectivity index (χ2v) is 9.21. The summed E-state index contributed by atoms with van der Waals surface area (Å²) in [5.74, 6) is 0. The maximum atomic E-state index is 12.7. The summed E-state index contributed by atoms with van der Waals surface area (Å²) in [7, 11) is -3.34. The first-order valence-electron chi connectivity index (χ1n) is 6.53. The van der Waals surface area contributed by atoms with E-state index in [0.717, 1.165) is 36.1 Å². The lowest BCUT2D eigenvalue weighted by Crippen LogP contribution is -2.48. The molecule has 19 heavy (non-hydrogen) atoms. The summed E-state index contributed by atoms with van der Waals surface area (Å²) in [6, 6.07) is 3.56. The summed E-state index contributed by atoms with van der Waals surface area (Å²) in [5.41, 5.74) is 0. The van der Waals surface area contributed by atoms with Crippen LogP contribution in [0.15, 0.2) is 20.1 Å². The fourth-order valence-electron chi connectivity index (χ4n) is 2.36. The summed E-state index contributed by atoms with van der Waals surface area (Å²) in [4.78, 5) is 0. The van der Waals surface area contributed by atoms with E-state index in [2.05, 4.69) is 21.2 Å². The molecule has 1 N–H and O–H groups in total. The molecule has 0 bridgehead atoms. The summed E-state index contributed by atoms with van der Waals surface area (Å²) >= 11 is 4.61. The smallest absolute Gasteiger partial charge is 0.252 e. The van der Waals surface area contributed by atoms with Gasteiger partial charge in [0.1, 0.15) is 4.21 Å². The van der Waals surface area contributed by atoms with Crippen LogP contribution in [0, 0.1) is 0 Å². The van der Waals surface area contributed by atoms with Crippen LogP contribution in [0.1, 0.15) is 26.2 Å². The van der Waals surface area contributed by atoms with Gasteiger partial charge in [-0.05, 0) is 47.4 Å². The lowest BCUT2D eigenvalue weighted by molar-refractivity contribution is 0.247. The Morgan fingerprint density at radius 1 is 1.47 bits per heavy atom. The minimum atomic E-state index is -3.34. The van der Waals surface area contributed by atoms with Gasteiger partial charge in [-0.2, -0.15) is 4.31 Å². The zero-order valence-electron chi connectivity index (χ0n) is 10.9. The summed E-state index contributed by atoms with van der Waals surface area (Å²) in [6.45, 7) is 4.28. The molecule has 1 aromatic heterocycles.